The number of nitrogens with zero attached hydrogens (tertiary/aromatic N) is 1. The van der Waals surface area contributed by atoms with Crippen molar-refractivity contribution in [3.63, 3.8) is 0 Å². The predicted molar refractivity (Wildman–Crippen MR) is 68.5 cm³/mol. The Balaban J connectivity index is 2.13. The highest BCUT2D eigenvalue weighted by atomic mass is 16.4. The minimum absolute atomic E-state index is 0.293. The molecule has 0 spiro atoms. The number of para-hydroxylation sites is 1. The van der Waals surface area contributed by atoms with E-state index in [1.807, 2.05) is 18.2 Å². The second kappa shape index (κ2) is 4.03. The molecule has 1 aliphatic heterocycles. The van der Waals surface area contributed by atoms with Crippen molar-refractivity contribution in [3.8, 4) is 0 Å². The smallest absolute Gasteiger partial charge is 0.408 e. The van der Waals surface area contributed by atoms with Crippen LogP contribution in [0.4, 0.5) is 4.79 Å². The largest absolute Gasteiger partial charge is 0.465 e. The van der Waals surface area contributed by atoms with Crippen LogP contribution in [0, 0.1) is 0 Å². The molecule has 1 unspecified atom stereocenters. The first-order valence-corrected chi connectivity index (χ1v) is 5.97. The van der Waals surface area contributed by atoms with E-state index in [0.29, 0.717) is 0 Å². The van der Waals surface area contributed by atoms with Crippen LogP contribution in [0.2, 0.25) is 0 Å². The van der Waals surface area contributed by atoms with Crippen LogP contribution in [0.1, 0.15) is 17.4 Å². The van der Waals surface area contributed by atoms with Gasteiger partial charge < -0.3 is 10.1 Å². The van der Waals surface area contributed by atoms with Crippen LogP contribution in [0.15, 0.2) is 24.3 Å². The first kappa shape index (κ1) is 11.1. The maximum atomic E-state index is 11.1. The van der Waals surface area contributed by atoms with Gasteiger partial charge in [0.25, 0.3) is 0 Å². The minimum Gasteiger partial charge on any atom is -0.465 e. The fourth-order valence-corrected chi connectivity index (χ4v) is 2.60. The molecule has 0 bridgehead atoms. The topological polar surface area (TPSA) is 68.4 Å². The highest BCUT2D eigenvalue weighted by molar-refractivity contribution is 5.85. The number of hydrogen-bond donors (Lipinski definition) is 3. The number of amides is 1. The van der Waals surface area contributed by atoms with E-state index in [2.05, 4.69) is 16.4 Å². The second-order valence-electron chi connectivity index (χ2n) is 4.56. The number of nitrogens with one attached hydrogen (secondary N) is 2. The summed E-state index contributed by atoms with van der Waals surface area (Å²) in [5.41, 5.74) is 3.25. The Morgan fingerprint density at radius 2 is 2.22 bits per heavy atom. The zero-order valence-electron chi connectivity index (χ0n) is 10.1. The first-order valence-electron chi connectivity index (χ1n) is 5.97. The number of carboxylic acid groups (broad SMARTS) is 1. The van der Waals surface area contributed by atoms with Gasteiger partial charge in [-0.2, -0.15) is 0 Å². The molecule has 2 aromatic rings. The highest BCUT2D eigenvalue weighted by Gasteiger charge is 2.28. The van der Waals surface area contributed by atoms with Gasteiger partial charge >= 0.3 is 6.09 Å². The Morgan fingerprint density at radius 1 is 1.44 bits per heavy atom. The van der Waals surface area contributed by atoms with Crippen molar-refractivity contribution in [2.45, 2.75) is 12.6 Å². The van der Waals surface area contributed by atoms with E-state index in [0.717, 1.165) is 24.2 Å². The van der Waals surface area contributed by atoms with E-state index in [9.17, 15) is 4.79 Å². The molecule has 1 aliphatic rings. The van der Waals surface area contributed by atoms with Crippen LogP contribution >= 0.6 is 0 Å². The summed E-state index contributed by atoms with van der Waals surface area (Å²) in [7, 11) is 1.58. The predicted octanol–water partition coefficient (Wildman–Crippen LogP) is 1.92. The summed E-state index contributed by atoms with van der Waals surface area (Å²) in [5, 5.41) is 13.5. The summed E-state index contributed by atoms with van der Waals surface area (Å²) in [6, 6.07) is 8.08. The molecule has 0 saturated carbocycles. The van der Waals surface area contributed by atoms with Gasteiger partial charge in [0.1, 0.15) is 6.17 Å². The molecule has 1 aromatic heterocycles. The molecule has 18 heavy (non-hydrogen) atoms. The van der Waals surface area contributed by atoms with E-state index < -0.39 is 6.09 Å². The molecule has 5 heteroatoms. The lowest BCUT2D eigenvalue weighted by Crippen LogP contribution is -2.42. The van der Waals surface area contributed by atoms with E-state index in [1.54, 1.807) is 7.05 Å². The Kier molecular flexibility index (Phi) is 2.48. The fraction of sp³-hybridized carbons (Fsp3) is 0.308. The number of fused-ring (bicyclic) bond motifs is 3. The summed E-state index contributed by atoms with van der Waals surface area (Å²) in [6.07, 6.45) is -0.304. The Morgan fingerprint density at radius 3 is 3.00 bits per heavy atom. The third-order valence-corrected chi connectivity index (χ3v) is 3.52. The van der Waals surface area contributed by atoms with Crippen molar-refractivity contribution in [1.29, 1.82) is 0 Å². The van der Waals surface area contributed by atoms with E-state index in [1.165, 1.54) is 15.8 Å². The van der Waals surface area contributed by atoms with Crippen molar-refractivity contribution >= 4 is 17.0 Å². The number of H-pyrrole nitrogens is 1. The van der Waals surface area contributed by atoms with Crippen molar-refractivity contribution < 1.29 is 9.90 Å². The first-order chi connectivity index (χ1) is 8.68. The molecule has 0 radical (unpaired) electrons. The maximum absolute atomic E-state index is 11.1. The van der Waals surface area contributed by atoms with Crippen molar-refractivity contribution in [2.75, 3.05) is 13.6 Å². The van der Waals surface area contributed by atoms with Crippen molar-refractivity contribution in [1.82, 2.24) is 15.2 Å². The molecule has 1 aromatic carbocycles. The third kappa shape index (κ3) is 1.55. The lowest BCUT2D eigenvalue weighted by Gasteiger charge is -2.30. The van der Waals surface area contributed by atoms with E-state index >= 15 is 0 Å². The Hall–Kier alpha value is -2.01. The van der Waals surface area contributed by atoms with Gasteiger partial charge in [0.15, 0.2) is 0 Å². The number of rotatable bonds is 1. The molecule has 2 heterocycles. The molecular formula is C13H15N3O2. The molecule has 1 atom stereocenters. The van der Waals surface area contributed by atoms with Crippen LogP contribution in [0.25, 0.3) is 10.9 Å². The zero-order valence-corrected chi connectivity index (χ0v) is 10.1. The summed E-state index contributed by atoms with van der Waals surface area (Å²) in [6.45, 7) is 0.789. The van der Waals surface area contributed by atoms with Gasteiger partial charge in [0, 0.05) is 24.5 Å². The Labute approximate surface area is 104 Å². The average molecular weight is 245 g/mol. The van der Waals surface area contributed by atoms with Crippen LogP contribution in [0.5, 0.6) is 0 Å². The number of benzene rings is 1. The zero-order chi connectivity index (χ0) is 12.7. The summed E-state index contributed by atoms with van der Waals surface area (Å²) >= 11 is 0. The van der Waals surface area contributed by atoms with Gasteiger partial charge in [-0.05, 0) is 18.1 Å². The average Bonchev–Trinajstić information content (AvgIpc) is 2.76. The quantitative estimate of drug-likeness (QED) is 0.719. The number of hydrogen-bond acceptors (Lipinski definition) is 2. The molecule has 1 amide bonds. The van der Waals surface area contributed by atoms with Crippen LogP contribution in [-0.2, 0) is 6.42 Å². The molecule has 0 saturated heterocycles. The summed E-state index contributed by atoms with van der Waals surface area (Å²) in [4.78, 5) is 15.7. The molecule has 3 N–H and O–H groups in total. The molecule has 0 aliphatic carbocycles. The normalized spacial score (nSPS) is 18.6. The number of aromatic nitrogens is 1. The van der Waals surface area contributed by atoms with Gasteiger partial charge in [-0.25, -0.2) is 4.79 Å². The van der Waals surface area contributed by atoms with Gasteiger partial charge in [0.05, 0.1) is 5.69 Å². The molecule has 0 fully saturated rings. The standard InChI is InChI=1S/C13H15N3O2/c1-16(13(17)18)12-11-9(6-7-14-12)8-4-2-3-5-10(8)15-11/h2-5,12,14-15H,6-7H2,1H3,(H,17,18). The SMILES string of the molecule is CN(C(=O)O)C1NCCc2c1[nH]c1ccccc21. The van der Waals surface area contributed by atoms with Crippen molar-refractivity contribution in [2.24, 2.45) is 0 Å². The van der Waals surface area contributed by atoms with E-state index in [4.69, 9.17) is 5.11 Å². The summed E-state index contributed by atoms with van der Waals surface area (Å²) < 4.78 is 0. The molecule has 5 nitrogen and oxygen atoms in total. The minimum atomic E-state index is -0.931. The second-order valence-corrected chi connectivity index (χ2v) is 4.56. The molecular weight excluding hydrogens is 230 g/mol. The highest BCUT2D eigenvalue weighted by Crippen LogP contribution is 2.30. The molecule has 3 rings (SSSR count). The van der Waals surface area contributed by atoms with Gasteiger partial charge in [-0.3, -0.25) is 10.2 Å². The monoisotopic (exact) mass is 245 g/mol. The van der Waals surface area contributed by atoms with Gasteiger partial charge in [-0.15, -0.1) is 0 Å². The Bertz CT molecular complexity index is 605. The van der Waals surface area contributed by atoms with Crippen LogP contribution in [-0.4, -0.2) is 34.7 Å². The lowest BCUT2D eigenvalue weighted by molar-refractivity contribution is 0.126. The van der Waals surface area contributed by atoms with Gasteiger partial charge in [-0.1, -0.05) is 18.2 Å². The van der Waals surface area contributed by atoms with E-state index in [-0.39, 0.29) is 6.17 Å². The van der Waals surface area contributed by atoms with Crippen LogP contribution < -0.4 is 5.32 Å². The van der Waals surface area contributed by atoms with Crippen LogP contribution in [0.3, 0.4) is 0 Å². The molecule has 94 valence electrons. The number of carbonyl (C=O) groups is 1. The van der Waals surface area contributed by atoms with Crippen molar-refractivity contribution in [3.05, 3.63) is 35.5 Å². The third-order valence-electron chi connectivity index (χ3n) is 3.52. The maximum Gasteiger partial charge on any atom is 0.408 e. The van der Waals surface area contributed by atoms with Gasteiger partial charge in [0.2, 0.25) is 0 Å². The fourth-order valence-electron chi connectivity index (χ4n) is 2.60. The summed E-state index contributed by atoms with van der Waals surface area (Å²) in [5.74, 6) is 0. The number of aromatic amines is 1. The lowest BCUT2D eigenvalue weighted by atomic mass is 10.0.